The molecule has 0 heterocycles. The third-order valence-corrected chi connectivity index (χ3v) is 3.53. The number of rotatable bonds is 8. The SMILES string of the molecule is Cc1ccc(C)c(OCCCNCCc2ccccc2)c1. The quantitative estimate of drug-likeness (QED) is 0.742. The Bertz CT molecular complexity index is 537. The molecule has 2 aromatic rings. The molecule has 0 unspecified atom stereocenters. The average Bonchev–Trinajstić information content (AvgIpc) is 2.50. The van der Waals surface area contributed by atoms with Gasteiger partial charge in [-0.2, -0.15) is 0 Å². The number of ether oxygens (including phenoxy) is 1. The first-order chi connectivity index (χ1) is 10.3. The van der Waals surface area contributed by atoms with Gasteiger partial charge in [0, 0.05) is 0 Å². The molecule has 0 aliphatic heterocycles. The number of aryl methyl sites for hydroxylation is 2. The van der Waals surface area contributed by atoms with Crippen LogP contribution in [0, 0.1) is 13.8 Å². The van der Waals surface area contributed by atoms with E-state index in [1.807, 2.05) is 0 Å². The lowest BCUT2D eigenvalue weighted by Crippen LogP contribution is -2.20. The lowest BCUT2D eigenvalue weighted by atomic mass is 10.1. The number of benzene rings is 2. The Morgan fingerprint density at radius 2 is 1.76 bits per heavy atom. The molecule has 2 rings (SSSR count). The summed E-state index contributed by atoms with van der Waals surface area (Å²) in [4.78, 5) is 0. The maximum atomic E-state index is 5.84. The molecule has 2 heteroatoms. The molecule has 112 valence electrons. The van der Waals surface area contributed by atoms with Crippen molar-refractivity contribution in [3.8, 4) is 5.75 Å². The molecule has 2 aromatic carbocycles. The van der Waals surface area contributed by atoms with Gasteiger partial charge in [-0.25, -0.2) is 0 Å². The first-order valence-electron chi connectivity index (χ1n) is 7.70. The van der Waals surface area contributed by atoms with Crippen molar-refractivity contribution < 1.29 is 4.74 Å². The van der Waals surface area contributed by atoms with E-state index in [1.54, 1.807) is 0 Å². The van der Waals surface area contributed by atoms with E-state index in [0.29, 0.717) is 0 Å². The second-order valence-electron chi connectivity index (χ2n) is 5.46. The largest absolute Gasteiger partial charge is 0.493 e. The zero-order valence-corrected chi connectivity index (χ0v) is 13.1. The summed E-state index contributed by atoms with van der Waals surface area (Å²) in [6.45, 7) is 6.97. The van der Waals surface area contributed by atoms with E-state index in [-0.39, 0.29) is 0 Å². The lowest BCUT2D eigenvalue weighted by Gasteiger charge is -2.10. The van der Waals surface area contributed by atoms with Crippen LogP contribution in [0.4, 0.5) is 0 Å². The molecule has 1 N–H and O–H groups in total. The van der Waals surface area contributed by atoms with Crippen LogP contribution in [0.1, 0.15) is 23.1 Å². The summed E-state index contributed by atoms with van der Waals surface area (Å²) in [5.74, 6) is 1.01. The van der Waals surface area contributed by atoms with Crippen LogP contribution in [0.2, 0.25) is 0 Å². The highest BCUT2D eigenvalue weighted by Crippen LogP contribution is 2.18. The summed E-state index contributed by atoms with van der Waals surface area (Å²) in [5, 5.41) is 3.47. The molecule has 0 bridgehead atoms. The standard InChI is InChI=1S/C19H25NO/c1-16-9-10-17(2)19(15-16)21-14-6-12-20-13-11-18-7-4-3-5-8-18/h3-5,7-10,15,20H,6,11-14H2,1-2H3. The summed E-state index contributed by atoms with van der Waals surface area (Å²) in [6.07, 6.45) is 2.11. The predicted molar refractivity (Wildman–Crippen MR) is 89.0 cm³/mol. The molecule has 0 saturated carbocycles. The van der Waals surface area contributed by atoms with E-state index in [4.69, 9.17) is 4.74 Å². The van der Waals surface area contributed by atoms with E-state index in [2.05, 4.69) is 67.7 Å². The third-order valence-electron chi connectivity index (χ3n) is 3.53. The zero-order valence-electron chi connectivity index (χ0n) is 13.1. The van der Waals surface area contributed by atoms with Crippen LogP contribution in [0.5, 0.6) is 5.75 Å². The van der Waals surface area contributed by atoms with Gasteiger partial charge in [-0.1, -0.05) is 42.5 Å². The molecular weight excluding hydrogens is 258 g/mol. The maximum absolute atomic E-state index is 5.84. The number of nitrogens with one attached hydrogen (secondary N) is 1. The fraction of sp³-hybridized carbons (Fsp3) is 0.368. The summed E-state index contributed by atoms with van der Waals surface area (Å²) in [5.41, 5.74) is 3.84. The van der Waals surface area contributed by atoms with E-state index >= 15 is 0 Å². The van der Waals surface area contributed by atoms with Gasteiger partial charge in [0.05, 0.1) is 6.61 Å². The lowest BCUT2D eigenvalue weighted by molar-refractivity contribution is 0.306. The van der Waals surface area contributed by atoms with Crippen LogP contribution in [-0.2, 0) is 6.42 Å². The van der Waals surface area contributed by atoms with Gasteiger partial charge >= 0.3 is 0 Å². The minimum absolute atomic E-state index is 0.766. The van der Waals surface area contributed by atoms with Gasteiger partial charge in [0.15, 0.2) is 0 Å². The summed E-state index contributed by atoms with van der Waals surface area (Å²) < 4.78 is 5.84. The van der Waals surface area contributed by atoms with Crippen LogP contribution >= 0.6 is 0 Å². The molecule has 0 fully saturated rings. The Kier molecular flexibility index (Phi) is 6.29. The molecule has 2 nitrogen and oxygen atoms in total. The van der Waals surface area contributed by atoms with Crippen molar-refractivity contribution in [3.05, 3.63) is 65.2 Å². The minimum Gasteiger partial charge on any atom is -0.493 e. The Labute approximate surface area is 128 Å². The second-order valence-corrected chi connectivity index (χ2v) is 5.46. The van der Waals surface area contributed by atoms with Gasteiger partial charge in [0.1, 0.15) is 5.75 Å². The van der Waals surface area contributed by atoms with E-state index < -0.39 is 0 Å². The van der Waals surface area contributed by atoms with Crippen molar-refractivity contribution in [1.29, 1.82) is 0 Å². The van der Waals surface area contributed by atoms with Gasteiger partial charge < -0.3 is 10.1 Å². The number of hydrogen-bond acceptors (Lipinski definition) is 2. The summed E-state index contributed by atoms with van der Waals surface area (Å²) >= 11 is 0. The molecule has 0 atom stereocenters. The molecule has 21 heavy (non-hydrogen) atoms. The molecular formula is C19H25NO. The highest BCUT2D eigenvalue weighted by molar-refractivity contribution is 5.35. The van der Waals surface area contributed by atoms with Crippen LogP contribution in [-0.4, -0.2) is 19.7 Å². The average molecular weight is 283 g/mol. The van der Waals surface area contributed by atoms with Gasteiger partial charge in [-0.05, 0) is 62.5 Å². The van der Waals surface area contributed by atoms with Gasteiger partial charge in [0.2, 0.25) is 0 Å². The first kappa shape index (κ1) is 15.6. The van der Waals surface area contributed by atoms with Gasteiger partial charge in [0.25, 0.3) is 0 Å². The zero-order chi connectivity index (χ0) is 14.9. The Hall–Kier alpha value is -1.80. The van der Waals surface area contributed by atoms with Crippen molar-refractivity contribution in [2.45, 2.75) is 26.7 Å². The topological polar surface area (TPSA) is 21.3 Å². The molecule has 0 amide bonds. The second kappa shape index (κ2) is 8.48. The summed E-state index contributed by atoms with van der Waals surface area (Å²) in [7, 11) is 0. The maximum Gasteiger partial charge on any atom is 0.122 e. The Balaban J connectivity index is 1.57. The molecule has 0 spiro atoms. The van der Waals surface area contributed by atoms with E-state index in [0.717, 1.165) is 38.3 Å². The van der Waals surface area contributed by atoms with Crippen molar-refractivity contribution >= 4 is 0 Å². The third kappa shape index (κ3) is 5.60. The highest BCUT2D eigenvalue weighted by atomic mass is 16.5. The van der Waals surface area contributed by atoms with Crippen molar-refractivity contribution in [1.82, 2.24) is 5.32 Å². The number of hydrogen-bond donors (Lipinski definition) is 1. The molecule has 0 aliphatic carbocycles. The first-order valence-corrected chi connectivity index (χ1v) is 7.70. The smallest absolute Gasteiger partial charge is 0.122 e. The highest BCUT2D eigenvalue weighted by Gasteiger charge is 1.99. The van der Waals surface area contributed by atoms with Crippen LogP contribution < -0.4 is 10.1 Å². The molecule has 0 aliphatic rings. The van der Waals surface area contributed by atoms with Crippen molar-refractivity contribution in [2.24, 2.45) is 0 Å². The monoisotopic (exact) mass is 283 g/mol. The van der Waals surface area contributed by atoms with Crippen LogP contribution in [0.15, 0.2) is 48.5 Å². The van der Waals surface area contributed by atoms with Gasteiger partial charge in [-0.15, -0.1) is 0 Å². The van der Waals surface area contributed by atoms with Crippen molar-refractivity contribution in [2.75, 3.05) is 19.7 Å². The normalized spacial score (nSPS) is 10.6. The molecule has 0 saturated heterocycles. The van der Waals surface area contributed by atoms with E-state index in [9.17, 15) is 0 Å². The fourth-order valence-corrected chi connectivity index (χ4v) is 2.24. The van der Waals surface area contributed by atoms with Crippen LogP contribution in [0.25, 0.3) is 0 Å². The fourth-order valence-electron chi connectivity index (χ4n) is 2.24. The van der Waals surface area contributed by atoms with Gasteiger partial charge in [-0.3, -0.25) is 0 Å². The van der Waals surface area contributed by atoms with Crippen LogP contribution in [0.3, 0.4) is 0 Å². The Morgan fingerprint density at radius 3 is 2.57 bits per heavy atom. The van der Waals surface area contributed by atoms with E-state index in [1.165, 1.54) is 16.7 Å². The Morgan fingerprint density at radius 1 is 0.952 bits per heavy atom. The molecule has 0 aromatic heterocycles. The molecule has 0 radical (unpaired) electrons. The summed E-state index contributed by atoms with van der Waals surface area (Å²) in [6, 6.07) is 16.9. The predicted octanol–water partition coefficient (Wildman–Crippen LogP) is 3.90. The van der Waals surface area contributed by atoms with Crippen molar-refractivity contribution in [3.63, 3.8) is 0 Å². The minimum atomic E-state index is 0.766.